The molecule has 1 fully saturated rings. The minimum absolute atomic E-state index is 0.250. The summed E-state index contributed by atoms with van der Waals surface area (Å²) in [5.74, 6) is 2.04. The molecule has 1 aliphatic carbocycles. The van der Waals surface area contributed by atoms with Gasteiger partial charge in [0, 0.05) is 0 Å². The van der Waals surface area contributed by atoms with Crippen molar-refractivity contribution in [3.8, 4) is 11.6 Å². The van der Waals surface area contributed by atoms with Crippen LogP contribution in [-0.4, -0.2) is 21.6 Å². The van der Waals surface area contributed by atoms with Gasteiger partial charge >= 0.3 is 6.15 Å². The smallest absolute Gasteiger partial charge is 0.373 e. The van der Waals surface area contributed by atoms with Crippen molar-refractivity contribution in [2.24, 2.45) is 0 Å². The third-order valence-electron chi connectivity index (χ3n) is 3.55. The number of hydrogen-bond donors (Lipinski definition) is 1. The summed E-state index contributed by atoms with van der Waals surface area (Å²) < 4.78 is 5.64. The lowest BCUT2D eigenvalue weighted by molar-refractivity contribution is -0.191. The topological polar surface area (TPSA) is 84.9 Å². The summed E-state index contributed by atoms with van der Waals surface area (Å²) in [5.41, 5.74) is 1.38. The number of hydrogen-bond acceptors (Lipinski definition) is 5. The summed E-state index contributed by atoms with van der Waals surface area (Å²) in [6.07, 6.45) is 8.50. The molecule has 1 N–H and O–H groups in total. The van der Waals surface area contributed by atoms with Gasteiger partial charge in [-0.15, -0.1) is 5.10 Å². The van der Waals surface area contributed by atoms with Crippen LogP contribution in [0.2, 0.25) is 0 Å². The highest BCUT2D eigenvalue weighted by atomic mass is 16.5. The van der Waals surface area contributed by atoms with Crippen LogP contribution in [0, 0.1) is 0 Å². The van der Waals surface area contributed by atoms with Crippen LogP contribution in [0.3, 0.4) is 0 Å². The van der Waals surface area contributed by atoms with Crippen molar-refractivity contribution >= 4 is 6.15 Å². The molecular formula is C15H17N3O3. The highest BCUT2D eigenvalue weighted by Gasteiger charge is 2.15. The molecule has 21 heavy (non-hydrogen) atoms. The molecule has 1 aromatic heterocycles. The molecular weight excluding hydrogens is 270 g/mol. The molecule has 3 rings (SSSR count). The van der Waals surface area contributed by atoms with Crippen LogP contribution in [-0.2, 0) is 9.59 Å². The Balaban J connectivity index is 0.000000497. The lowest BCUT2D eigenvalue weighted by Gasteiger charge is -2.22. The molecule has 0 saturated heterocycles. The van der Waals surface area contributed by atoms with Crippen molar-refractivity contribution in [2.75, 3.05) is 0 Å². The summed E-state index contributed by atoms with van der Waals surface area (Å²) >= 11 is 0. The Morgan fingerprint density at radius 3 is 2.62 bits per heavy atom. The molecule has 0 atom stereocenters. The standard InChI is InChI=1S/C14H17N3O.CO2/c1-2-5-11(6-3-1)12-7-4-8-13(9-12)18-14-10-15-17-16-14;2-1-3/h4,7-11H,1-3,5-6H2,(H,15,16,17);. The Kier molecular flexibility index (Phi) is 5.67. The maximum Gasteiger partial charge on any atom is 0.373 e. The van der Waals surface area contributed by atoms with Gasteiger partial charge < -0.3 is 4.74 Å². The third kappa shape index (κ3) is 4.54. The molecule has 6 heteroatoms. The monoisotopic (exact) mass is 287 g/mol. The second-order valence-electron chi connectivity index (χ2n) is 4.90. The number of nitrogens with zero attached hydrogens (tertiary/aromatic N) is 2. The average molecular weight is 287 g/mol. The van der Waals surface area contributed by atoms with Crippen LogP contribution in [0.4, 0.5) is 0 Å². The largest absolute Gasteiger partial charge is 0.436 e. The van der Waals surface area contributed by atoms with Gasteiger partial charge in [0.1, 0.15) is 11.9 Å². The number of ether oxygens (including phenoxy) is 1. The van der Waals surface area contributed by atoms with Crippen LogP contribution >= 0.6 is 0 Å². The molecule has 0 unspecified atom stereocenters. The van der Waals surface area contributed by atoms with E-state index in [-0.39, 0.29) is 6.15 Å². The first-order valence-electron chi connectivity index (χ1n) is 6.96. The predicted octanol–water partition coefficient (Wildman–Crippen LogP) is 3.06. The molecule has 1 aromatic carbocycles. The van der Waals surface area contributed by atoms with E-state index in [1.165, 1.54) is 37.7 Å². The minimum atomic E-state index is 0.250. The second kappa shape index (κ2) is 7.97. The summed E-state index contributed by atoms with van der Waals surface area (Å²) in [5, 5.41) is 10.2. The first-order valence-corrected chi connectivity index (χ1v) is 6.96. The SMILES string of the molecule is O=C=O.c1cc(Oc2cn[nH]n2)cc(C2CCCCC2)c1. The van der Waals surface area contributed by atoms with Crippen LogP contribution < -0.4 is 4.74 Å². The number of H-pyrrole nitrogens is 1. The maximum atomic E-state index is 8.12. The zero-order valence-electron chi connectivity index (χ0n) is 11.6. The van der Waals surface area contributed by atoms with Gasteiger partial charge in [-0.05, 0) is 36.5 Å². The maximum absolute atomic E-state index is 8.12. The van der Waals surface area contributed by atoms with Crippen molar-refractivity contribution in [2.45, 2.75) is 38.0 Å². The minimum Gasteiger partial charge on any atom is -0.436 e. The van der Waals surface area contributed by atoms with Crippen LogP contribution in [0.25, 0.3) is 0 Å². The van der Waals surface area contributed by atoms with Gasteiger partial charge in [0.25, 0.3) is 5.88 Å². The third-order valence-corrected chi connectivity index (χ3v) is 3.55. The molecule has 1 saturated carbocycles. The first-order chi connectivity index (χ1) is 10.3. The normalized spacial score (nSPS) is 14.7. The van der Waals surface area contributed by atoms with E-state index in [0.717, 1.165) is 5.75 Å². The Bertz CT molecular complexity index is 572. The van der Waals surface area contributed by atoms with Crippen molar-refractivity contribution in [3.63, 3.8) is 0 Å². The number of carbonyl (C=O) groups excluding carboxylic acids is 2. The molecule has 6 nitrogen and oxygen atoms in total. The molecule has 0 amide bonds. The van der Waals surface area contributed by atoms with E-state index in [2.05, 4.69) is 33.6 Å². The summed E-state index contributed by atoms with van der Waals surface area (Å²) in [4.78, 5) is 16.2. The zero-order chi connectivity index (χ0) is 14.9. The van der Waals surface area contributed by atoms with E-state index in [4.69, 9.17) is 14.3 Å². The van der Waals surface area contributed by atoms with E-state index in [0.29, 0.717) is 11.8 Å². The average Bonchev–Trinajstić information content (AvgIpc) is 3.02. The zero-order valence-corrected chi connectivity index (χ0v) is 11.6. The number of aromatic nitrogens is 3. The Hall–Kier alpha value is -2.46. The van der Waals surface area contributed by atoms with Gasteiger partial charge in [-0.1, -0.05) is 31.4 Å². The molecule has 2 aromatic rings. The highest BCUT2D eigenvalue weighted by Crippen LogP contribution is 2.34. The lowest BCUT2D eigenvalue weighted by Crippen LogP contribution is -2.04. The Morgan fingerprint density at radius 1 is 1.19 bits per heavy atom. The molecule has 0 radical (unpaired) electrons. The van der Waals surface area contributed by atoms with E-state index in [1.54, 1.807) is 6.20 Å². The van der Waals surface area contributed by atoms with Gasteiger partial charge in [-0.2, -0.15) is 19.9 Å². The fourth-order valence-corrected chi connectivity index (χ4v) is 2.63. The molecule has 1 aliphatic rings. The number of nitrogens with one attached hydrogen (secondary N) is 1. The number of aromatic amines is 1. The van der Waals surface area contributed by atoms with Crippen LogP contribution in [0.5, 0.6) is 11.6 Å². The second-order valence-corrected chi connectivity index (χ2v) is 4.90. The quantitative estimate of drug-likeness (QED) is 0.937. The van der Waals surface area contributed by atoms with E-state index >= 15 is 0 Å². The van der Waals surface area contributed by atoms with E-state index in [1.807, 2.05) is 6.07 Å². The van der Waals surface area contributed by atoms with Crippen molar-refractivity contribution in [1.29, 1.82) is 0 Å². The summed E-state index contributed by atoms with van der Waals surface area (Å²) in [6.45, 7) is 0. The van der Waals surface area contributed by atoms with Gasteiger partial charge in [-0.3, -0.25) is 0 Å². The van der Waals surface area contributed by atoms with Crippen molar-refractivity contribution < 1.29 is 14.3 Å². The predicted molar refractivity (Wildman–Crippen MR) is 73.7 cm³/mol. The fourth-order valence-electron chi connectivity index (χ4n) is 2.63. The highest BCUT2D eigenvalue weighted by molar-refractivity contribution is 5.33. The summed E-state index contributed by atoms with van der Waals surface area (Å²) in [6, 6.07) is 8.34. The van der Waals surface area contributed by atoms with Gasteiger partial charge in [0.2, 0.25) is 0 Å². The Labute approximate surface area is 122 Å². The van der Waals surface area contributed by atoms with Crippen molar-refractivity contribution in [3.05, 3.63) is 36.0 Å². The summed E-state index contributed by atoms with van der Waals surface area (Å²) in [7, 11) is 0. The lowest BCUT2D eigenvalue weighted by atomic mass is 9.84. The van der Waals surface area contributed by atoms with Crippen LogP contribution in [0.15, 0.2) is 30.5 Å². The van der Waals surface area contributed by atoms with Gasteiger partial charge in [-0.25, -0.2) is 0 Å². The molecule has 1 heterocycles. The first kappa shape index (κ1) is 14.9. The van der Waals surface area contributed by atoms with Crippen molar-refractivity contribution in [1.82, 2.24) is 15.4 Å². The number of benzene rings is 1. The number of rotatable bonds is 3. The molecule has 0 spiro atoms. The van der Waals surface area contributed by atoms with Gasteiger partial charge in [0.15, 0.2) is 0 Å². The van der Waals surface area contributed by atoms with E-state index in [9.17, 15) is 0 Å². The Morgan fingerprint density at radius 2 is 1.95 bits per heavy atom. The van der Waals surface area contributed by atoms with Crippen LogP contribution in [0.1, 0.15) is 43.6 Å². The van der Waals surface area contributed by atoms with E-state index < -0.39 is 0 Å². The molecule has 110 valence electrons. The van der Waals surface area contributed by atoms with Gasteiger partial charge in [0.05, 0.1) is 0 Å². The molecule has 0 bridgehead atoms. The molecule has 0 aliphatic heterocycles. The fraction of sp³-hybridized carbons (Fsp3) is 0.400.